The highest BCUT2D eigenvalue weighted by Gasteiger charge is 2.08. The van der Waals surface area contributed by atoms with E-state index in [9.17, 15) is 0 Å². The lowest BCUT2D eigenvalue weighted by atomic mass is 10.2. The summed E-state index contributed by atoms with van der Waals surface area (Å²) in [6.07, 6.45) is 7.61. The number of nitrogens with one attached hydrogen (secondary N) is 1. The number of nitrogens with zero attached hydrogens (tertiary/aromatic N) is 3. The van der Waals surface area contributed by atoms with Crippen LogP contribution in [-0.4, -0.2) is 14.8 Å². The van der Waals surface area contributed by atoms with E-state index in [-0.39, 0.29) is 6.04 Å². The van der Waals surface area contributed by atoms with Gasteiger partial charge in [0.05, 0.1) is 11.9 Å². The minimum atomic E-state index is 0.246. The van der Waals surface area contributed by atoms with Gasteiger partial charge in [0.25, 0.3) is 0 Å². The van der Waals surface area contributed by atoms with Crippen molar-refractivity contribution in [3.8, 4) is 5.69 Å². The summed E-state index contributed by atoms with van der Waals surface area (Å²) in [4.78, 5) is 4.03. The third-order valence-corrected chi connectivity index (χ3v) is 3.49. The van der Waals surface area contributed by atoms with Gasteiger partial charge in [-0.05, 0) is 36.8 Å². The fourth-order valence-corrected chi connectivity index (χ4v) is 2.17. The molecule has 0 bridgehead atoms. The second-order valence-corrected chi connectivity index (χ2v) is 5.01. The summed E-state index contributed by atoms with van der Waals surface area (Å²) < 4.78 is 1.90. The lowest BCUT2D eigenvalue weighted by molar-refractivity contribution is 0.574. The lowest BCUT2D eigenvalue weighted by Gasteiger charge is -2.11. The van der Waals surface area contributed by atoms with Crippen molar-refractivity contribution in [3.05, 3.63) is 78.4 Å². The summed E-state index contributed by atoms with van der Waals surface area (Å²) in [5.74, 6) is 0. The number of benzene rings is 1. The van der Waals surface area contributed by atoms with Crippen LogP contribution in [0.1, 0.15) is 24.1 Å². The van der Waals surface area contributed by atoms with Crippen molar-refractivity contribution >= 4 is 0 Å². The Morgan fingerprint density at radius 3 is 2.62 bits per heavy atom. The Balaban J connectivity index is 1.66. The molecule has 1 atom stereocenters. The lowest BCUT2D eigenvalue weighted by Crippen LogP contribution is -2.17. The van der Waals surface area contributed by atoms with Crippen LogP contribution >= 0.6 is 0 Å². The molecule has 1 aromatic carbocycles. The molecule has 21 heavy (non-hydrogen) atoms. The first-order valence-electron chi connectivity index (χ1n) is 7.05. The molecule has 3 rings (SSSR count). The normalized spacial score (nSPS) is 12.2. The van der Waals surface area contributed by atoms with Crippen LogP contribution < -0.4 is 5.32 Å². The molecular formula is C17H18N4. The molecule has 0 aliphatic carbocycles. The minimum absolute atomic E-state index is 0.246. The summed E-state index contributed by atoms with van der Waals surface area (Å²) in [6, 6.07) is 14.4. The van der Waals surface area contributed by atoms with E-state index < -0.39 is 0 Å². The Hall–Kier alpha value is -2.46. The third kappa shape index (κ3) is 3.35. The van der Waals surface area contributed by atoms with Gasteiger partial charge in [-0.1, -0.05) is 18.2 Å². The van der Waals surface area contributed by atoms with Gasteiger partial charge in [0.15, 0.2) is 0 Å². The number of hydrogen-bond acceptors (Lipinski definition) is 3. The molecule has 0 radical (unpaired) electrons. The molecule has 0 saturated carbocycles. The monoisotopic (exact) mass is 278 g/mol. The quantitative estimate of drug-likeness (QED) is 0.779. The molecular weight excluding hydrogens is 260 g/mol. The zero-order chi connectivity index (χ0) is 14.5. The minimum Gasteiger partial charge on any atom is -0.306 e. The van der Waals surface area contributed by atoms with Crippen molar-refractivity contribution in [1.82, 2.24) is 20.1 Å². The topological polar surface area (TPSA) is 42.7 Å². The van der Waals surface area contributed by atoms with E-state index in [1.807, 2.05) is 65.7 Å². The van der Waals surface area contributed by atoms with Crippen LogP contribution in [0.3, 0.4) is 0 Å². The van der Waals surface area contributed by atoms with Crippen molar-refractivity contribution in [2.75, 3.05) is 0 Å². The van der Waals surface area contributed by atoms with E-state index in [1.54, 1.807) is 0 Å². The van der Waals surface area contributed by atoms with Gasteiger partial charge in [-0.25, -0.2) is 4.68 Å². The van der Waals surface area contributed by atoms with E-state index in [0.717, 1.165) is 12.2 Å². The zero-order valence-electron chi connectivity index (χ0n) is 12.0. The molecule has 1 N–H and O–H groups in total. The molecule has 106 valence electrons. The standard InChI is InChI=1S/C17H18N4/c1-14(19-11-15-7-9-18-10-8-15)16-12-20-21(13-16)17-5-3-2-4-6-17/h2-10,12-14,19H,11H2,1H3. The summed E-state index contributed by atoms with van der Waals surface area (Å²) in [6.45, 7) is 2.97. The Kier molecular flexibility index (Phi) is 4.07. The maximum atomic E-state index is 4.43. The molecule has 3 aromatic rings. The molecule has 0 spiro atoms. The fourth-order valence-electron chi connectivity index (χ4n) is 2.17. The average molecular weight is 278 g/mol. The van der Waals surface area contributed by atoms with Gasteiger partial charge < -0.3 is 5.32 Å². The van der Waals surface area contributed by atoms with Gasteiger partial charge in [0.1, 0.15) is 0 Å². The van der Waals surface area contributed by atoms with Gasteiger partial charge in [-0.3, -0.25) is 4.98 Å². The summed E-state index contributed by atoms with van der Waals surface area (Å²) in [5.41, 5.74) is 3.48. The van der Waals surface area contributed by atoms with Crippen molar-refractivity contribution in [1.29, 1.82) is 0 Å². The molecule has 0 fully saturated rings. The second kappa shape index (κ2) is 6.33. The highest BCUT2D eigenvalue weighted by Crippen LogP contribution is 2.14. The Bertz CT molecular complexity index is 676. The van der Waals surface area contributed by atoms with Crippen LogP contribution in [0.2, 0.25) is 0 Å². The first-order valence-corrected chi connectivity index (χ1v) is 7.05. The van der Waals surface area contributed by atoms with Gasteiger partial charge in [0, 0.05) is 36.7 Å². The Labute approximate surface area is 124 Å². The molecule has 0 saturated heterocycles. The molecule has 0 aliphatic heterocycles. The molecule has 4 nitrogen and oxygen atoms in total. The van der Waals surface area contributed by atoms with E-state index >= 15 is 0 Å². The first-order chi connectivity index (χ1) is 10.3. The van der Waals surface area contributed by atoms with Gasteiger partial charge in [-0.2, -0.15) is 5.10 Å². The largest absolute Gasteiger partial charge is 0.306 e. The van der Waals surface area contributed by atoms with E-state index in [2.05, 4.69) is 28.5 Å². The molecule has 2 heterocycles. The number of aromatic nitrogens is 3. The summed E-state index contributed by atoms with van der Waals surface area (Å²) >= 11 is 0. The van der Waals surface area contributed by atoms with Crippen LogP contribution in [0.15, 0.2) is 67.3 Å². The van der Waals surface area contributed by atoms with Crippen LogP contribution in [-0.2, 0) is 6.54 Å². The predicted octanol–water partition coefficient (Wildman–Crippen LogP) is 3.12. The van der Waals surface area contributed by atoms with Gasteiger partial charge in [-0.15, -0.1) is 0 Å². The number of rotatable bonds is 5. The van der Waals surface area contributed by atoms with Gasteiger partial charge in [0.2, 0.25) is 0 Å². The highest BCUT2D eigenvalue weighted by molar-refractivity contribution is 5.31. The average Bonchev–Trinajstić information content (AvgIpc) is 3.04. The Morgan fingerprint density at radius 2 is 1.86 bits per heavy atom. The molecule has 2 aromatic heterocycles. The molecule has 0 aliphatic rings. The predicted molar refractivity (Wildman–Crippen MR) is 83.1 cm³/mol. The first kappa shape index (κ1) is 13.5. The fraction of sp³-hybridized carbons (Fsp3) is 0.176. The SMILES string of the molecule is CC(NCc1ccncc1)c1cnn(-c2ccccc2)c1. The van der Waals surface area contributed by atoms with Crippen molar-refractivity contribution in [2.24, 2.45) is 0 Å². The van der Waals surface area contributed by atoms with Crippen molar-refractivity contribution in [3.63, 3.8) is 0 Å². The molecule has 4 heteroatoms. The smallest absolute Gasteiger partial charge is 0.0645 e. The highest BCUT2D eigenvalue weighted by atomic mass is 15.3. The van der Waals surface area contributed by atoms with E-state index in [4.69, 9.17) is 0 Å². The van der Waals surface area contributed by atoms with Crippen molar-refractivity contribution in [2.45, 2.75) is 19.5 Å². The van der Waals surface area contributed by atoms with Crippen LogP contribution in [0, 0.1) is 0 Å². The summed E-state index contributed by atoms with van der Waals surface area (Å²) in [7, 11) is 0. The third-order valence-electron chi connectivity index (χ3n) is 3.49. The zero-order valence-corrected chi connectivity index (χ0v) is 12.0. The van der Waals surface area contributed by atoms with Crippen molar-refractivity contribution < 1.29 is 0 Å². The second-order valence-electron chi connectivity index (χ2n) is 5.01. The van der Waals surface area contributed by atoms with Crippen LogP contribution in [0.25, 0.3) is 5.69 Å². The van der Waals surface area contributed by atoms with E-state index in [1.165, 1.54) is 11.1 Å². The van der Waals surface area contributed by atoms with Crippen LogP contribution in [0.4, 0.5) is 0 Å². The summed E-state index contributed by atoms with van der Waals surface area (Å²) in [5, 5.41) is 7.93. The number of hydrogen-bond donors (Lipinski definition) is 1. The van der Waals surface area contributed by atoms with Gasteiger partial charge >= 0.3 is 0 Å². The number of para-hydroxylation sites is 1. The maximum Gasteiger partial charge on any atom is 0.0645 e. The molecule has 1 unspecified atom stereocenters. The number of pyridine rings is 1. The molecule has 0 amide bonds. The van der Waals surface area contributed by atoms with Crippen LogP contribution in [0.5, 0.6) is 0 Å². The van der Waals surface area contributed by atoms with E-state index in [0.29, 0.717) is 0 Å². The Morgan fingerprint density at radius 1 is 1.10 bits per heavy atom. The maximum absolute atomic E-state index is 4.43.